The molecule has 0 radical (unpaired) electrons. The second kappa shape index (κ2) is 7.08. The third-order valence-corrected chi connectivity index (χ3v) is 6.40. The first kappa shape index (κ1) is 18.5. The molecule has 2 aliphatic carbocycles. The van der Waals surface area contributed by atoms with Crippen LogP contribution in [0.25, 0.3) is 22.5 Å². The zero-order valence-electron chi connectivity index (χ0n) is 16.4. The van der Waals surface area contributed by atoms with Gasteiger partial charge in [0.15, 0.2) is 0 Å². The summed E-state index contributed by atoms with van der Waals surface area (Å²) in [6.45, 7) is 0. The van der Waals surface area contributed by atoms with Crippen molar-refractivity contribution in [2.45, 2.75) is 38.1 Å². The molecule has 0 aliphatic heterocycles. The Labute approximate surface area is 173 Å². The molecule has 4 N–H and O–H groups in total. The van der Waals surface area contributed by atoms with Crippen LogP contribution in [0.15, 0.2) is 30.7 Å². The molecule has 0 saturated heterocycles. The number of H-pyrrole nitrogens is 1. The molecule has 7 nitrogen and oxygen atoms in total. The quantitative estimate of drug-likeness (QED) is 0.615. The Kier molecular flexibility index (Phi) is 4.37. The van der Waals surface area contributed by atoms with Gasteiger partial charge in [0, 0.05) is 41.5 Å². The van der Waals surface area contributed by atoms with Crippen molar-refractivity contribution < 1.29 is 9.90 Å². The average Bonchev–Trinajstić information content (AvgIpc) is 3.12. The summed E-state index contributed by atoms with van der Waals surface area (Å²) in [5, 5.41) is 19.1. The summed E-state index contributed by atoms with van der Waals surface area (Å²) in [7, 11) is 0. The van der Waals surface area contributed by atoms with Crippen LogP contribution in [0.4, 0.5) is 0 Å². The maximum atomic E-state index is 12.1. The first-order valence-corrected chi connectivity index (χ1v) is 10.1. The van der Waals surface area contributed by atoms with Crippen LogP contribution >= 0.6 is 0 Å². The topological polar surface area (TPSA) is 129 Å². The van der Waals surface area contributed by atoms with E-state index < -0.39 is 5.97 Å². The average molecular weight is 399 g/mol. The number of nitrogens with zero attached hydrogens (tertiary/aromatic N) is 3. The Morgan fingerprint density at radius 2 is 2.10 bits per heavy atom. The zero-order chi connectivity index (χ0) is 20.8. The summed E-state index contributed by atoms with van der Waals surface area (Å²) < 4.78 is 0. The fraction of sp³-hybridized carbons (Fsp3) is 0.304. The number of nitrogens with two attached hydrogens (primary N) is 1. The van der Waals surface area contributed by atoms with Crippen molar-refractivity contribution in [2.24, 2.45) is 11.7 Å². The maximum absolute atomic E-state index is 12.1. The number of rotatable bonds is 4. The Morgan fingerprint density at radius 1 is 1.27 bits per heavy atom. The van der Waals surface area contributed by atoms with Crippen LogP contribution in [-0.2, 0) is 12.8 Å². The predicted molar refractivity (Wildman–Crippen MR) is 111 cm³/mol. The van der Waals surface area contributed by atoms with Crippen LogP contribution in [0, 0.1) is 17.2 Å². The van der Waals surface area contributed by atoms with Gasteiger partial charge in [-0.2, -0.15) is 5.26 Å². The van der Waals surface area contributed by atoms with E-state index >= 15 is 0 Å². The number of nitrogens with one attached hydrogen (secondary N) is 1. The minimum absolute atomic E-state index is 0.295. The smallest absolute Gasteiger partial charge is 0.337 e. The van der Waals surface area contributed by atoms with Crippen molar-refractivity contribution in [3.05, 3.63) is 58.7 Å². The van der Waals surface area contributed by atoms with Crippen LogP contribution in [-0.4, -0.2) is 26.0 Å². The van der Waals surface area contributed by atoms with Crippen molar-refractivity contribution in [1.82, 2.24) is 15.0 Å². The van der Waals surface area contributed by atoms with E-state index in [1.165, 1.54) is 6.20 Å². The minimum Gasteiger partial charge on any atom is -0.478 e. The normalized spacial score (nSPS) is 16.1. The molecule has 5 rings (SSSR count). The number of nitriles is 1. The SMILES string of the molecule is N#Cc1cncc(-c2cc3c(cn2)CCc2c-3[nH]c(C(N)C3CCC3)c2C(=O)O)c1. The van der Waals surface area contributed by atoms with E-state index in [0.29, 0.717) is 34.9 Å². The van der Waals surface area contributed by atoms with Crippen LogP contribution in [0.3, 0.4) is 0 Å². The molecule has 3 aromatic heterocycles. The Balaban J connectivity index is 1.64. The van der Waals surface area contributed by atoms with E-state index in [1.54, 1.807) is 12.3 Å². The highest BCUT2D eigenvalue weighted by molar-refractivity contribution is 5.95. The third-order valence-electron chi connectivity index (χ3n) is 6.40. The van der Waals surface area contributed by atoms with Gasteiger partial charge in [-0.1, -0.05) is 6.42 Å². The van der Waals surface area contributed by atoms with Crippen molar-refractivity contribution in [3.8, 4) is 28.6 Å². The lowest BCUT2D eigenvalue weighted by Gasteiger charge is -2.31. The number of fused-ring (bicyclic) bond motifs is 3. The largest absolute Gasteiger partial charge is 0.478 e. The number of carboxylic acids is 1. The maximum Gasteiger partial charge on any atom is 0.337 e. The number of pyridine rings is 2. The van der Waals surface area contributed by atoms with Crippen molar-refractivity contribution in [2.75, 3.05) is 0 Å². The minimum atomic E-state index is -0.930. The van der Waals surface area contributed by atoms with Gasteiger partial charge in [0.05, 0.1) is 22.5 Å². The summed E-state index contributed by atoms with van der Waals surface area (Å²) in [6.07, 6.45) is 9.61. The Bertz CT molecular complexity index is 1200. The molecule has 0 aromatic carbocycles. The molecule has 30 heavy (non-hydrogen) atoms. The number of carbonyl (C=O) groups is 1. The molecule has 7 heteroatoms. The fourth-order valence-corrected chi connectivity index (χ4v) is 4.54. The third kappa shape index (κ3) is 2.88. The van der Waals surface area contributed by atoms with Crippen LogP contribution < -0.4 is 5.73 Å². The number of aromatic carboxylic acids is 1. The van der Waals surface area contributed by atoms with E-state index in [4.69, 9.17) is 11.0 Å². The number of hydrogen-bond donors (Lipinski definition) is 3. The molecular weight excluding hydrogens is 378 g/mol. The fourth-order valence-electron chi connectivity index (χ4n) is 4.54. The van der Waals surface area contributed by atoms with Gasteiger partial charge in [0.1, 0.15) is 6.07 Å². The molecule has 1 saturated carbocycles. The molecule has 1 unspecified atom stereocenters. The van der Waals surface area contributed by atoms with Gasteiger partial charge in [0.25, 0.3) is 0 Å². The van der Waals surface area contributed by atoms with Crippen molar-refractivity contribution in [3.63, 3.8) is 0 Å². The van der Waals surface area contributed by atoms with Gasteiger partial charge in [0.2, 0.25) is 0 Å². The Hall–Kier alpha value is -3.50. The first-order chi connectivity index (χ1) is 14.6. The molecule has 1 atom stereocenters. The molecule has 3 heterocycles. The van der Waals surface area contributed by atoms with Crippen LogP contribution in [0.5, 0.6) is 0 Å². The lowest BCUT2D eigenvalue weighted by Crippen LogP contribution is -2.28. The first-order valence-electron chi connectivity index (χ1n) is 10.1. The summed E-state index contributed by atoms with van der Waals surface area (Å²) in [6, 6.07) is 5.50. The molecule has 3 aromatic rings. The Morgan fingerprint density at radius 3 is 2.80 bits per heavy atom. The molecule has 150 valence electrons. The second-order valence-electron chi connectivity index (χ2n) is 8.09. The van der Waals surface area contributed by atoms with E-state index in [-0.39, 0.29) is 6.04 Å². The molecule has 2 aliphatic rings. The van der Waals surface area contributed by atoms with Crippen LogP contribution in [0.1, 0.15) is 58.0 Å². The summed E-state index contributed by atoms with van der Waals surface area (Å²) in [4.78, 5) is 24.2. The molecular formula is C23H21N5O2. The van der Waals surface area contributed by atoms with E-state index in [9.17, 15) is 9.90 Å². The highest BCUT2D eigenvalue weighted by atomic mass is 16.4. The number of aromatic amines is 1. The monoisotopic (exact) mass is 399 g/mol. The van der Waals surface area contributed by atoms with E-state index in [2.05, 4.69) is 21.0 Å². The van der Waals surface area contributed by atoms with Crippen LogP contribution in [0.2, 0.25) is 0 Å². The van der Waals surface area contributed by atoms with Gasteiger partial charge < -0.3 is 15.8 Å². The van der Waals surface area contributed by atoms with E-state index in [0.717, 1.165) is 53.6 Å². The number of carboxylic acid groups (broad SMARTS) is 1. The standard InChI is InChI=1S/C23H21N5O2/c24-8-12-6-15(10-26-9-12)18-7-17-14(11-27-18)4-5-16-19(23(29)30)22(28-21(16)17)20(25)13-2-1-3-13/h6-7,9-11,13,20,28H,1-5,25H2,(H,29,30). The summed E-state index contributed by atoms with van der Waals surface area (Å²) >= 11 is 0. The summed E-state index contributed by atoms with van der Waals surface area (Å²) in [5.41, 5.74) is 13.0. The van der Waals surface area contributed by atoms with Gasteiger partial charge in [-0.3, -0.25) is 9.97 Å². The van der Waals surface area contributed by atoms with E-state index in [1.807, 2.05) is 12.3 Å². The van der Waals surface area contributed by atoms with Crippen molar-refractivity contribution in [1.29, 1.82) is 5.26 Å². The van der Waals surface area contributed by atoms with Gasteiger partial charge in [-0.05, 0) is 54.9 Å². The zero-order valence-corrected chi connectivity index (χ0v) is 16.4. The lowest BCUT2D eigenvalue weighted by atomic mass is 9.78. The molecule has 0 bridgehead atoms. The van der Waals surface area contributed by atoms with Gasteiger partial charge >= 0.3 is 5.97 Å². The second-order valence-corrected chi connectivity index (χ2v) is 8.09. The number of aromatic nitrogens is 3. The van der Waals surface area contributed by atoms with Gasteiger partial charge in [-0.15, -0.1) is 0 Å². The number of aryl methyl sites for hydroxylation is 1. The lowest BCUT2D eigenvalue weighted by molar-refractivity contribution is 0.0693. The molecule has 0 spiro atoms. The van der Waals surface area contributed by atoms with Crippen molar-refractivity contribution >= 4 is 5.97 Å². The highest BCUT2D eigenvalue weighted by Crippen LogP contribution is 2.42. The highest BCUT2D eigenvalue weighted by Gasteiger charge is 2.34. The predicted octanol–water partition coefficient (Wildman–Crippen LogP) is 3.61. The molecule has 0 amide bonds. The van der Waals surface area contributed by atoms with Gasteiger partial charge in [-0.25, -0.2) is 4.79 Å². The summed E-state index contributed by atoms with van der Waals surface area (Å²) in [5.74, 6) is -0.601. The molecule has 1 fully saturated rings. The number of hydrogen-bond acceptors (Lipinski definition) is 5.